The SMILES string of the molecule is CC(=O)NCCC(=O)N[C@@H](CCc1ccccc1)C(=O)O. The van der Waals surface area contributed by atoms with Crippen molar-refractivity contribution in [3.05, 3.63) is 35.9 Å². The smallest absolute Gasteiger partial charge is 0.326 e. The molecule has 0 bridgehead atoms. The first-order valence-corrected chi connectivity index (χ1v) is 6.79. The van der Waals surface area contributed by atoms with E-state index in [2.05, 4.69) is 10.6 Å². The van der Waals surface area contributed by atoms with Crippen molar-refractivity contribution >= 4 is 17.8 Å². The van der Waals surface area contributed by atoms with Crippen molar-refractivity contribution in [3.8, 4) is 0 Å². The number of aliphatic carboxylic acids is 1. The molecule has 0 spiro atoms. The van der Waals surface area contributed by atoms with Crippen molar-refractivity contribution in [1.82, 2.24) is 10.6 Å². The Morgan fingerprint density at radius 3 is 2.43 bits per heavy atom. The molecule has 0 unspecified atom stereocenters. The highest BCUT2D eigenvalue weighted by molar-refractivity contribution is 5.84. The Kier molecular flexibility index (Phi) is 6.94. The van der Waals surface area contributed by atoms with Gasteiger partial charge < -0.3 is 15.7 Å². The normalized spacial score (nSPS) is 11.5. The zero-order chi connectivity index (χ0) is 15.7. The van der Waals surface area contributed by atoms with Gasteiger partial charge in [-0.1, -0.05) is 30.3 Å². The molecule has 1 rings (SSSR count). The molecule has 1 atom stereocenters. The molecule has 21 heavy (non-hydrogen) atoms. The van der Waals surface area contributed by atoms with E-state index in [0.29, 0.717) is 12.8 Å². The fourth-order valence-electron chi connectivity index (χ4n) is 1.83. The van der Waals surface area contributed by atoms with Gasteiger partial charge in [0.2, 0.25) is 11.8 Å². The number of amides is 2. The lowest BCUT2D eigenvalue weighted by Crippen LogP contribution is -2.42. The Hall–Kier alpha value is -2.37. The molecule has 0 saturated carbocycles. The summed E-state index contributed by atoms with van der Waals surface area (Å²) in [6, 6.07) is 8.57. The lowest BCUT2D eigenvalue weighted by molar-refractivity contribution is -0.142. The maximum absolute atomic E-state index is 11.6. The number of carboxylic acids is 1. The molecule has 1 aromatic carbocycles. The molecule has 0 aliphatic rings. The van der Waals surface area contributed by atoms with Crippen LogP contribution in [0.5, 0.6) is 0 Å². The fourth-order valence-corrected chi connectivity index (χ4v) is 1.83. The van der Waals surface area contributed by atoms with Crippen molar-refractivity contribution < 1.29 is 19.5 Å². The van der Waals surface area contributed by atoms with Gasteiger partial charge in [0.1, 0.15) is 6.04 Å². The molecular formula is C15H20N2O4. The highest BCUT2D eigenvalue weighted by Crippen LogP contribution is 2.05. The number of carbonyl (C=O) groups is 3. The minimum Gasteiger partial charge on any atom is -0.480 e. The molecule has 3 N–H and O–H groups in total. The summed E-state index contributed by atoms with van der Waals surface area (Å²) in [6.45, 7) is 1.56. The van der Waals surface area contributed by atoms with Crippen LogP contribution in [0.1, 0.15) is 25.3 Å². The Bertz CT molecular complexity index is 488. The topological polar surface area (TPSA) is 95.5 Å². The zero-order valence-electron chi connectivity index (χ0n) is 12.0. The van der Waals surface area contributed by atoms with Crippen LogP contribution in [0, 0.1) is 0 Å². The maximum atomic E-state index is 11.6. The second-order valence-corrected chi connectivity index (χ2v) is 4.72. The van der Waals surface area contributed by atoms with Crippen LogP contribution in [0.15, 0.2) is 30.3 Å². The minimum atomic E-state index is -1.06. The molecule has 114 valence electrons. The third-order valence-electron chi connectivity index (χ3n) is 2.92. The van der Waals surface area contributed by atoms with E-state index in [0.717, 1.165) is 5.56 Å². The van der Waals surface area contributed by atoms with Crippen LogP contribution in [0.25, 0.3) is 0 Å². The van der Waals surface area contributed by atoms with Crippen LogP contribution < -0.4 is 10.6 Å². The summed E-state index contributed by atoms with van der Waals surface area (Å²) in [4.78, 5) is 33.5. The van der Waals surface area contributed by atoms with E-state index in [1.807, 2.05) is 30.3 Å². The van der Waals surface area contributed by atoms with Crippen LogP contribution in [0.4, 0.5) is 0 Å². The number of carboxylic acid groups (broad SMARTS) is 1. The van der Waals surface area contributed by atoms with Gasteiger partial charge >= 0.3 is 5.97 Å². The van der Waals surface area contributed by atoms with Gasteiger partial charge in [0.05, 0.1) is 0 Å². The molecule has 0 fully saturated rings. The molecule has 2 amide bonds. The van der Waals surface area contributed by atoms with E-state index < -0.39 is 12.0 Å². The van der Waals surface area contributed by atoms with Crippen molar-refractivity contribution in [2.75, 3.05) is 6.54 Å². The Labute approximate surface area is 123 Å². The standard InChI is InChI=1S/C15H20N2O4/c1-11(18)16-10-9-14(19)17-13(15(20)21)8-7-12-5-3-2-4-6-12/h2-6,13H,7-10H2,1H3,(H,16,18)(H,17,19)(H,20,21)/t13-/m0/s1. The van der Waals surface area contributed by atoms with Crippen molar-refractivity contribution in [3.63, 3.8) is 0 Å². The number of hydrogen-bond donors (Lipinski definition) is 3. The molecule has 6 nitrogen and oxygen atoms in total. The van der Waals surface area contributed by atoms with Gasteiger partial charge in [-0.2, -0.15) is 0 Å². The van der Waals surface area contributed by atoms with Gasteiger partial charge in [-0.25, -0.2) is 4.79 Å². The maximum Gasteiger partial charge on any atom is 0.326 e. The monoisotopic (exact) mass is 292 g/mol. The number of rotatable bonds is 8. The molecule has 0 aliphatic carbocycles. The first-order chi connectivity index (χ1) is 9.99. The second-order valence-electron chi connectivity index (χ2n) is 4.72. The minimum absolute atomic E-state index is 0.0642. The summed E-state index contributed by atoms with van der Waals surface area (Å²) in [5, 5.41) is 14.1. The number of aryl methyl sites for hydroxylation is 1. The summed E-state index contributed by atoms with van der Waals surface area (Å²) in [5.41, 5.74) is 1.02. The second kappa shape index (κ2) is 8.73. The van der Waals surface area contributed by atoms with E-state index in [1.54, 1.807) is 0 Å². The van der Waals surface area contributed by atoms with Crippen molar-refractivity contribution in [2.24, 2.45) is 0 Å². The van der Waals surface area contributed by atoms with E-state index in [4.69, 9.17) is 5.11 Å². The third kappa shape index (κ3) is 7.10. The van der Waals surface area contributed by atoms with Crippen molar-refractivity contribution in [1.29, 1.82) is 0 Å². The van der Waals surface area contributed by atoms with Crippen LogP contribution in [0.2, 0.25) is 0 Å². The molecule has 0 saturated heterocycles. The van der Waals surface area contributed by atoms with Gasteiger partial charge in [-0.3, -0.25) is 9.59 Å². The Balaban J connectivity index is 2.41. The summed E-state index contributed by atoms with van der Waals surface area (Å²) < 4.78 is 0. The van der Waals surface area contributed by atoms with Gasteiger partial charge in [0.15, 0.2) is 0 Å². The average Bonchev–Trinajstić information content (AvgIpc) is 2.43. The highest BCUT2D eigenvalue weighted by atomic mass is 16.4. The van der Waals surface area contributed by atoms with Crippen LogP contribution in [-0.2, 0) is 20.8 Å². The molecular weight excluding hydrogens is 272 g/mol. The molecule has 6 heteroatoms. The van der Waals surface area contributed by atoms with Gasteiger partial charge in [-0.05, 0) is 18.4 Å². The largest absolute Gasteiger partial charge is 0.480 e. The van der Waals surface area contributed by atoms with Crippen molar-refractivity contribution in [2.45, 2.75) is 32.2 Å². The summed E-state index contributed by atoms with van der Waals surface area (Å²) in [7, 11) is 0. The van der Waals surface area contributed by atoms with Gasteiger partial charge in [0, 0.05) is 19.9 Å². The molecule has 0 aliphatic heterocycles. The van der Waals surface area contributed by atoms with Gasteiger partial charge in [-0.15, -0.1) is 0 Å². The van der Waals surface area contributed by atoms with Gasteiger partial charge in [0.25, 0.3) is 0 Å². The van der Waals surface area contributed by atoms with E-state index in [-0.39, 0.29) is 24.8 Å². The lowest BCUT2D eigenvalue weighted by Gasteiger charge is -2.14. The quantitative estimate of drug-likeness (QED) is 0.657. The number of hydrogen-bond acceptors (Lipinski definition) is 3. The van der Waals surface area contributed by atoms with Crippen LogP contribution in [0.3, 0.4) is 0 Å². The predicted molar refractivity (Wildman–Crippen MR) is 77.6 cm³/mol. The third-order valence-corrected chi connectivity index (χ3v) is 2.92. The Morgan fingerprint density at radius 2 is 1.86 bits per heavy atom. The summed E-state index contributed by atoms with van der Waals surface area (Å²) in [6.07, 6.45) is 0.962. The summed E-state index contributed by atoms with van der Waals surface area (Å²) >= 11 is 0. The molecule has 0 heterocycles. The van der Waals surface area contributed by atoms with Crippen LogP contribution in [-0.4, -0.2) is 35.5 Å². The first kappa shape index (κ1) is 16.7. The number of carbonyl (C=O) groups excluding carboxylic acids is 2. The lowest BCUT2D eigenvalue weighted by atomic mass is 10.1. The van der Waals surface area contributed by atoms with Crippen LogP contribution >= 0.6 is 0 Å². The fraction of sp³-hybridized carbons (Fsp3) is 0.400. The number of benzene rings is 1. The molecule has 0 aromatic heterocycles. The first-order valence-electron chi connectivity index (χ1n) is 6.79. The highest BCUT2D eigenvalue weighted by Gasteiger charge is 2.19. The molecule has 0 radical (unpaired) electrons. The predicted octanol–water partition coefficient (Wildman–Crippen LogP) is 0.715. The number of nitrogens with one attached hydrogen (secondary N) is 2. The Morgan fingerprint density at radius 1 is 1.19 bits per heavy atom. The summed E-state index contributed by atoms with van der Waals surface area (Å²) in [5.74, 6) is -1.66. The average molecular weight is 292 g/mol. The van der Waals surface area contributed by atoms with E-state index in [1.165, 1.54) is 6.92 Å². The van der Waals surface area contributed by atoms with E-state index in [9.17, 15) is 14.4 Å². The zero-order valence-corrected chi connectivity index (χ0v) is 12.0. The van der Waals surface area contributed by atoms with E-state index >= 15 is 0 Å². The molecule has 1 aromatic rings.